The standard InChI is InChI=1S/C10H9BrF2N2O3/c1-14(3-2-11)10(16)6-4-7(12)8(13)5-9(6)15(17)18/h4-5H,2-3H2,1H3. The van der Waals surface area contributed by atoms with Crippen LogP contribution in [0, 0.1) is 21.7 Å². The van der Waals surface area contributed by atoms with Crippen molar-refractivity contribution in [2.45, 2.75) is 0 Å². The summed E-state index contributed by atoms with van der Waals surface area (Å²) in [5.74, 6) is -3.39. The van der Waals surface area contributed by atoms with Crippen molar-refractivity contribution in [1.29, 1.82) is 0 Å². The van der Waals surface area contributed by atoms with E-state index in [0.29, 0.717) is 17.5 Å². The minimum absolute atomic E-state index is 0.287. The maximum absolute atomic E-state index is 13.1. The number of alkyl halides is 1. The van der Waals surface area contributed by atoms with E-state index in [9.17, 15) is 23.7 Å². The number of carbonyl (C=O) groups is 1. The van der Waals surface area contributed by atoms with Crippen LogP contribution in [0.25, 0.3) is 0 Å². The summed E-state index contributed by atoms with van der Waals surface area (Å²) in [7, 11) is 1.41. The lowest BCUT2D eigenvalue weighted by atomic mass is 10.1. The Bertz CT molecular complexity index is 496. The molecule has 98 valence electrons. The van der Waals surface area contributed by atoms with Crippen LogP contribution in [0.5, 0.6) is 0 Å². The maximum Gasteiger partial charge on any atom is 0.285 e. The van der Waals surface area contributed by atoms with Crippen LogP contribution >= 0.6 is 15.9 Å². The van der Waals surface area contributed by atoms with Crippen molar-refractivity contribution < 1.29 is 18.5 Å². The molecule has 0 radical (unpaired) electrons. The largest absolute Gasteiger partial charge is 0.341 e. The zero-order valence-electron chi connectivity index (χ0n) is 9.32. The van der Waals surface area contributed by atoms with E-state index in [0.717, 1.165) is 0 Å². The molecule has 0 fully saturated rings. The van der Waals surface area contributed by atoms with Crippen molar-refractivity contribution in [3.8, 4) is 0 Å². The molecule has 0 bridgehead atoms. The van der Waals surface area contributed by atoms with Crippen LogP contribution in [0.4, 0.5) is 14.5 Å². The number of amides is 1. The van der Waals surface area contributed by atoms with Gasteiger partial charge in [0, 0.05) is 18.9 Å². The van der Waals surface area contributed by atoms with Gasteiger partial charge < -0.3 is 4.90 Å². The minimum atomic E-state index is -1.36. The predicted molar refractivity (Wildman–Crippen MR) is 63.8 cm³/mol. The third kappa shape index (κ3) is 3.00. The molecule has 1 amide bonds. The topological polar surface area (TPSA) is 63.5 Å². The number of hydrogen-bond acceptors (Lipinski definition) is 3. The van der Waals surface area contributed by atoms with E-state index >= 15 is 0 Å². The van der Waals surface area contributed by atoms with Gasteiger partial charge in [-0.1, -0.05) is 15.9 Å². The monoisotopic (exact) mass is 322 g/mol. The number of nitro groups is 1. The first-order valence-electron chi connectivity index (χ1n) is 4.83. The van der Waals surface area contributed by atoms with Crippen LogP contribution in [0.1, 0.15) is 10.4 Å². The van der Waals surface area contributed by atoms with Crippen molar-refractivity contribution in [3.63, 3.8) is 0 Å². The molecule has 0 aliphatic rings. The summed E-state index contributed by atoms with van der Waals surface area (Å²) in [5.41, 5.74) is -1.22. The first-order chi connectivity index (χ1) is 8.38. The van der Waals surface area contributed by atoms with Crippen LogP contribution in [-0.4, -0.2) is 34.7 Å². The molecule has 0 saturated carbocycles. The lowest BCUT2D eigenvalue weighted by molar-refractivity contribution is -0.385. The van der Waals surface area contributed by atoms with E-state index in [1.165, 1.54) is 11.9 Å². The van der Waals surface area contributed by atoms with Gasteiger partial charge in [0.05, 0.1) is 11.0 Å². The smallest absolute Gasteiger partial charge is 0.285 e. The molecule has 0 spiro atoms. The molecule has 0 atom stereocenters. The highest BCUT2D eigenvalue weighted by atomic mass is 79.9. The van der Waals surface area contributed by atoms with Gasteiger partial charge in [0.1, 0.15) is 5.56 Å². The SMILES string of the molecule is CN(CCBr)C(=O)c1cc(F)c(F)cc1[N+](=O)[O-]. The summed E-state index contributed by atoms with van der Waals surface area (Å²) in [4.78, 5) is 22.8. The van der Waals surface area contributed by atoms with E-state index in [1.807, 2.05) is 0 Å². The Morgan fingerprint density at radius 1 is 1.44 bits per heavy atom. The van der Waals surface area contributed by atoms with Gasteiger partial charge in [-0.25, -0.2) is 8.78 Å². The lowest BCUT2D eigenvalue weighted by Gasteiger charge is -2.15. The summed E-state index contributed by atoms with van der Waals surface area (Å²) in [6, 6.07) is 0.949. The summed E-state index contributed by atoms with van der Waals surface area (Å²) >= 11 is 3.10. The Kier molecular flexibility index (Phi) is 4.71. The maximum atomic E-state index is 13.1. The van der Waals surface area contributed by atoms with Crippen molar-refractivity contribution >= 4 is 27.5 Å². The van der Waals surface area contributed by atoms with E-state index in [2.05, 4.69) is 15.9 Å². The molecule has 1 rings (SSSR count). The minimum Gasteiger partial charge on any atom is -0.341 e. The number of benzene rings is 1. The second kappa shape index (κ2) is 5.85. The highest BCUT2D eigenvalue weighted by Gasteiger charge is 2.25. The number of nitrogens with zero attached hydrogens (tertiary/aromatic N) is 2. The van der Waals surface area contributed by atoms with Crippen LogP contribution < -0.4 is 0 Å². The molecule has 1 aromatic carbocycles. The molecule has 0 unspecified atom stereocenters. The second-order valence-electron chi connectivity index (χ2n) is 3.46. The molecule has 0 N–H and O–H groups in total. The molecule has 0 heterocycles. The molecular formula is C10H9BrF2N2O3. The van der Waals surface area contributed by atoms with Crippen LogP contribution in [0.3, 0.4) is 0 Å². The second-order valence-corrected chi connectivity index (χ2v) is 4.25. The van der Waals surface area contributed by atoms with Gasteiger partial charge in [0.15, 0.2) is 11.6 Å². The third-order valence-corrected chi connectivity index (χ3v) is 2.59. The highest BCUT2D eigenvalue weighted by molar-refractivity contribution is 9.09. The number of rotatable bonds is 4. The Balaban J connectivity index is 3.26. The molecular weight excluding hydrogens is 314 g/mol. The summed E-state index contributed by atoms with van der Waals surface area (Å²) in [6.45, 7) is 0.287. The quantitative estimate of drug-likeness (QED) is 0.485. The Morgan fingerprint density at radius 3 is 2.50 bits per heavy atom. The highest BCUT2D eigenvalue weighted by Crippen LogP contribution is 2.23. The fourth-order valence-corrected chi connectivity index (χ4v) is 1.82. The average molecular weight is 323 g/mol. The van der Waals surface area contributed by atoms with Crippen LogP contribution in [0.2, 0.25) is 0 Å². The van der Waals surface area contributed by atoms with Crippen LogP contribution in [0.15, 0.2) is 12.1 Å². The normalized spacial score (nSPS) is 10.2. The molecule has 0 saturated heterocycles. The number of nitro benzene ring substituents is 1. The van der Waals surface area contributed by atoms with Gasteiger partial charge >= 0.3 is 0 Å². The fraction of sp³-hybridized carbons (Fsp3) is 0.300. The third-order valence-electron chi connectivity index (χ3n) is 2.23. The van der Waals surface area contributed by atoms with Crippen molar-refractivity contribution in [2.24, 2.45) is 0 Å². The van der Waals surface area contributed by atoms with Crippen molar-refractivity contribution in [2.75, 3.05) is 18.9 Å². The summed E-state index contributed by atoms with van der Waals surface area (Å²) in [6.07, 6.45) is 0. The van der Waals surface area contributed by atoms with Gasteiger partial charge in [0.2, 0.25) is 0 Å². The first kappa shape index (κ1) is 14.5. The molecule has 0 aromatic heterocycles. The Labute approximate surface area is 110 Å². The zero-order chi connectivity index (χ0) is 13.9. The molecule has 5 nitrogen and oxygen atoms in total. The Hall–Kier alpha value is -1.57. The van der Waals surface area contributed by atoms with E-state index < -0.39 is 33.7 Å². The zero-order valence-corrected chi connectivity index (χ0v) is 10.9. The van der Waals surface area contributed by atoms with Crippen molar-refractivity contribution in [3.05, 3.63) is 39.4 Å². The van der Waals surface area contributed by atoms with E-state index in [1.54, 1.807) is 0 Å². The van der Waals surface area contributed by atoms with Gasteiger partial charge in [-0.15, -0.1) is 0 Å². The first-order valence-corrected chi connectivity index (χ1v) is 5.95. The number of halogens is 3. The van der Waals surface area contributed by atoms with Crippen LogP contribution in [-0.2, 0) is 0 Å². The summed E-state index contributed by atoms with van der Waals surface area (Å²) in [5, 5.41) is 11.2. The van der Waals surface area contributed by atoms with E-state index in [4.69, 9.17) is 0 Å². The molecule has 18 heavy (non-hydrogen) atoms. The molecule has 0 aliphatic heterocycles. The number of carbonyl (C=O) groups excluding carboxylic acids is 1. The lowest BCUT2D eigenvalue weighted by Crippen LogP contribution is -2.29. The summed E-state index contributed by atoms with van der Waals surface area (Å²) < 4.78 is 26.0. The predicted octanol–water partition coefficient (Wildman–Crippen LogP) is 2.34. The average Bonchev–Trinajstić information content (AvgIpc) is 2.31. The number of hydrogen-bond donors (Lipinski definition) is 0. The van der Waals surface area contributed by atoms with Gasteiger partial charge in [0.25, 0.3) is 11.6 Å². The van der Waals surface area contributed by atoms with Gasteiger partial charge in [-0.3, -0.25) is 14.9 Å². The van der Waals surface area contributed by atoms with Gasteiger partial charge in [-0.2, -0.15) is 0 Å². The van der Waals surface area contributed by atoms with Crippen molar-refractivity contribution in [1.82, 2.24) is 4.90 Å². The fourth-order valence-electron chi connectivity index (χ4n) is 1.29. The Morgan fingerprint density at radius 2 is 2.00 bits per heavy atom. The van der Waals surface area contributed by atoms with E-state index in [-0.39, 0.29) is 6.54 Å². The molecule has 0 aliphatic carbocycles. The molecule has 8 heteroatoms. The van der Waals surface area contributed by atoms with Gasteiger partial charge in [-0.05, 0) is 6.07 Å². The molecule has 1 aromatic rings.